The number of hydrogen-bond acceptors (Lipinski definition) is 4. The lowest BCUT2D eigenvalue weighted by Gasteiger charge is -2.11. The van der Waals surface area contributed by atoms with Crippen LogP contribution in [0.5, 0.6) is 11.5 Å². The van der Waals surface area contributed by atoms with Gasteiger partial charge in [0.25, 0.3) is 0 Å². The number of nitrogens with one attached hydrogen (secondary N) is 2. The van der Waals surface area contributed by atoms with Crippen molar-refractivity contribution >= 4 is 16.9 Å². The van der Waals surface area contributed by atoms with Crippen LogP contribution in [0, 0.1) is 0 Å². The van der Waals surface area contributed by atoms with Crippen molar-refractivity contribution in [3.63, 3.8) is 0 Å². The molecule has 128 valence electrons. The summed E-state index contributed by atoms with van der Waals surface area (Å²) in [5, 5.41) is 2.99. The maximum absolute atomic E-state index is 12.2. The Balaban J connectivity index is 1.35. The van der Waals surface area contributed by atoms with E-state index in [-0.39, 0.29) is 18.7 Å². The second kappa shape index (κ2) is 6.47. The lowest BCUT2D eigenvalue weighted by Crippen LogP contribution is -2.27. The second-order valence-corrected chi connectivity index (χ2v) is 6.12. The maximum Gasteiger partial charge on any atom is 0.231 e. The fourth-order valence-electron chi connectivity index (χ4n) is 2.91. The molecule has 6 heteroatoms. The molecule has 0 unspecified atom stereocenters. The van der Waals surface area contributed by atoms with Crippen LogP contribution in [0.4, 0.5) is 0 Å². The minimum atomic E-state index is -0.170. The Morgan fingerprint density at radius 3 is 2.96 bits per heavy atom. The number of nitrogens with zero attached hydrogens (tertiary/aromatic N) is 1. The van der Waals surface area contributed by atoms with Gasteiger partial charge in [-0.2, -0.15) is 0 Å². The summed E-state index contributed by atoms with van der Waals surface area (Å²) >= 11 is 0. The number of para-hydroxylation sites is 2. The van der Waals surface area contributed by atoms with E-state index in [2.05, 4.69) is 15.3 Å². The number of aromatic amines is 1. The van der Waals surface area contributed by atoms with E-state index in [1.165, 1.54) is 0 Å². The quantitative estimate of drug-likeness (QED) is 0.750. The van der Waals surface area contributed by atoms with Crippen LogP contribution in [-0.4, -0.2) is 22.7 Å². The van der Waals surface area contributed by atoms with Crippen molar-refractivity contribution in [3.05, 3.63) is 53.9 Å². The van der Waals surface area contributed by atoms with E-state index in [0.29, 0.717) is 12.8 Å². The van der Waals surface area contributed by atoms with Crippen LogP contribution in [0.25, 0.3) is 11.0 Å². The van der Waals surface area contributed by atoms with Crippen LogP contribution in [-0.2, 0) is 11.2 Å². The smallest absolute Gasteiger partial charge is 0.231 e. The summed E-state index contributed by atoms with van der Waals surface area (Å²) in [6, 6.07) is 13.4. The van der Waals surface area contributed by atoms with Gasteiger partial charge < -0.3 is 19.8 Å². The van der Waals surface area contributed by atoms with Crippen LogP contribution in [0.3, 0.4) is 0 Å². The predicted octanol–water partition coefficient (Wildman–Crippen LogP) is 3.10. The number of imidazole rings is 1. The first-order chi connectivity index (χ1) is 12.2. The number of carbonyl (C=O) groups is 1. The average Bonchev–Trinajstić information content (AvgIpc) is 3.25. The normalized spacial score (nSPS) is 13.8. The van der Waals surface area contributed by atoms with Gasteiger partial charge >= 0.3 is 0 Å². The minimum Gasteiger partial charge on any atom is -0.454 e. The van der Waals surface area contributed by atoms with Crippen molar-refractivity contribution in [1.29, 1.82) is 0 Å². The molecule has 0 bridgehead atoms. The van der Waals surface area contributed by atoms with Crippen LogP contribution >= 0.6 is 0 Å². The van der Waals surface area contributed by atoms with Crippen LogP contribution in [0.2, 0.25) is 0 Å². The van der Waals surface area contributed by atoms with Gasteiger partial charge in [-0.3, -0.25) is 4.79 Å². The molecule has 0 saturated heterocycles. The van der Waals surface area contributed by atoms with E-state index in [1.807, 2.05) is 49.4 Å². The number of hydrogen-bond donors (Lipinski definition) is 2. The molecule has 2 heterocycles. The number of carbonyl (C=O) groups excluding carboxylic acids is 1. The highest BCUT2D eigenvalue weighted by molar-refractivity contribution is 5.77. The zero-order valence-corrected chi connectivity index (χ0v) is 13.9. The van der Waals surface area contributed by atoms with Gasteiger partial charge in [0.05, 0.1) is 17.1 Å². The number of amides is 1. The van der Waals surface area contributed by atoms with E-state index in [1.54, 1.807) is 0 Å². The summed E-state index contributed by atoms with van der Waals surface area (Å²) in [6.07, 6.45) is 1.06. The predicted molar refractivity (Wildman–Crippen MR) is 93.5 cm³/mol. The first kappa shape index (κ1) is 15.5. The number of aromatic nitrogens is 2. The maximum atomic E-state index is 12.2. The third-order valence-corrected chi connectivity index (χ3v) is 4.27. The Morgan fingerprint density at radius 2 is 2.08 bits per heavy atom. The Morgan fingerprint density at radius 1 is 1.24 bits per heavy atom. The number of rotatable bonds is 5. The van der Waals surface area contributed by atoms with Crippen molar-refractivity contribution in [1.82, 2.24) is 15.3 Å². The van der Waals surface area contributed by atoms with E-state index in [9.17, 15) is 4.79 Å². The highest BCUT2D eigenvalue weighted by Crippen LogP contribution is 2.32. The molecular formula is C19H19N3O3. The monoisotopic (exact) mass is 337 g/mol. The van der Waals surface area contributed by atoms with Gasteiger partial charge in [0.15, 0.2) is 11.5 Å². The van der Waals surface area contributed by atoms with Gasteiger partial charge in [-0.15, -0.1) is 0 Å². The van der Waals surface area contributed by atoms with E-state index in [4.69, 9.17) is 9.47 Å². The standard InChI is InChI=1S/C19H19N3O3/c1-12(19-21-14-4-2-3-5-15(14)22-19)20-18(23)9-7-13-6-8-16-17(10-13)25-11-24-16/h2-6,8,10,12H,7,9,11H2,1H3,(H,20,23)(H,21,22)/t12-/m0/s1. The minimum absolute atomic E-state index is 0.00868. The molecule has 3 aromatic rings. The number of benzene rings is 2. The highest BCUT2D eigenvalue weighted by atomic mass is 16.7. The molecule has 1 aliphatic rings. The topological polar surface area (TPSA) is 76.2 Å². The number of fused-ring (bicyclic) bond motifs is 2. The molecule has 25 heavy (non-hydrogen) atoms. The SMILES string of the molecule is C[C@H](NC(=O)CCc1ccc2c(c1)OCO2)c1nc2ccccc2[nH]1. The fraction of sp³-hybridized carbons (Fsp3) is 0.263. The molecule has 0 radical (unpaired) electrons. The Labute approximate surface area is 145 Å². The largest absolute Gasteiger partial charge is 0.454 e. The van der Waals surface area contributed by atoms with E-state index >= 15 is 0 Å². The van der Waals surface area contributed by atoms with Crippen molar-refractivity contribution in [3.8, 4) is 11.5 Å². The number of H-pyrrole nitrogens is 1. The van der Waals surface area contributed by atoms with Crippen molar-refractivity contribution in [2.45, 2.75) is 25.8 Å². The van der Waals surface area contributed by atoms with Crippen molar-refractivity contribution in [2.75, 3.05) is 6.79 Å². The Hall–Kier alpha value is -3.02. The second-order valence-electron chi connectivity index (χ2n) is 6.12. The first-order valence-electron chi connectivity index (χ1n) is 8.31. The molecule has 2 aromatic carbocycles. The number of aryl methyl sites for hydroxylation is 1. The summed E-state index contributed by atoms with van der Waals surface area (Å²) in [4.78, 5) is 20.0. The first-order valence-corrected chi connectivity index (χ1v) is 8.31. The molecular weight excluding hydrogens is 318 g/mol. The van der Waals surface area contributed by atoms with Crippen molar-refractivity contribution < 1.29 is 14.3 Å². The molecule has 0 aliphatic carbocycles. The molecule has 1 aliphatic heterocycles. The highest BCUT2D eigenvalue weighted by Gasteiger charge is 2.15. The van der Waals surface area contributed by atoms with Crippen LogP contribution in [0.1, 0.15) is 30.8 Å². The summed E-state index contributed by atoms with van der Waals surface area (Å²) < 4.78 is 10.7. The molecule has 1 atom stereocenters. The molecule has 1 aromatic heterocycles. The fourth-order valence-corrected chi connectivity index (χ4v) is 2.91. The zero-order chi connectivity index (χ0) is 17.2. The molecule has 0 fully saturated rings. The van der Waals surface area contributed by atoms with Gasteiger partial charge in [0.2, 0.25) is 12.7 Å². The van der Waals surface area contributed by atoms with Crippen molar-refractivity contribution in [2.24, 2.45) is 0 Å². The van der Waals surface area contributed by atoms with Gasteiger partial charge in [-0.05, 0) is 43.2 Å². The zero-order valence-electron chi connectivity index (χ0n) is 13.9. The van der Waals surface area contributed by atoms with Gasteiger partial charge in [0, 0.05) is 6.42 Å². The summed E-state index contributed by atoms with van der Waals surface area (Å²) in [5.74, 6) is 2.25. The lowest BCUT2D eigenvalue weighted by molar-refractivity contribution is -0.121. The van der Waals surface area contributed by atoms with Gasteiger partial charge in [-0.1, -0.05) is 18.2 Å². The van der Waals surface area contributed by atoms with E-state index in [0.717, 1.165) is 33.9 Å². The van der Waals surface area contributed by atoms with E-state index < -0.39 is 0 Å². The van der Waals surface area contributed by atoms with Crippen LogP contribution in [0.15, 0.2) is 42.5 Å². The Kier molecular flexibility index (Phi) is 4.01. The lowest BCUT2D eigenvalue weighted by atomic mass is 10.1. The van der Waals surface area contributed by atoms with Crippen LogP contribution < -0.4 is 14.8 Å². The average molecular weight is 337 g/mol. The molecule has 0 spiro atoms. The summed E-state index contributed by atoms with van der Waals surface area (Å²) in [7, 11) is 0. The third-order valence-electron chi connectivity index (χ3n) is 4.27. The van der Waals surface area contributed by atoms with Gasteiger partial charge in [0.1, 0.15) is 5.82 Å². The molecule has 1 amide bonds. The molecule has 6 nitrogen and oxygen atoms in total. The third kappa shape index (κ3) is 3.28. The molecule has 2 N–H and O–H groups in total. The van der Waals surface area contributed by atoms with Gasteiger partial charge in [-0.25, -0.2) is 4.98 Å². The summed E-state index contributed by atoms with van der Waals surface area (Å²) in [6.45, 7) is 2.18. The number of ether oxygens (including phenoxy) is 2. The Bertz CT molecular complexity index is 886. The molecule has 0 saturated carbocycles. The summed E-state index contributed by atoms with van der Waals surface area (Å²) in [5.41, 5.74) is 2.92. The molecule has 4 rings (SSSR count).